The second-order valence-corrected chi connectivity index (χ2v) is 21.4. The van der Waals surface area contributed by atoms with Crippen molar-refractivity contribution >= 4 is 28.5 Å². The van der Waals surface area contributed by atoms with Crippen LogP contribution in [0.2, 0.25) is 37.8 Å². The molecule has 36 heavy (non-hydrogen) atoms. The van der Waals surface area contributed by atoms with Gasteiger partial charge in [-0.1, -0.05) is 51.1 Å². The van der Waals surface area contributed by atoms with Gasteiger partial charge in [0.2, 0.25) is 5.91 Å². The van der Waals surface area contributed by atoms with Crippen LogP contribution in [-0.4, -0.2) is 56.4 Å². The smallest absolute Gasteiger partial charge is 0.336 e. The highest BCUT2D eigenvalue weighted by Crippen LogP contribution is 2.53. The Labute approximate surface area is 215 Å². The summed E-state index contributed by atoms with van der Waals surface area (Å²) >= 11 is 0. The molecule has 0 aromatic heterocycles. The number of rotatable bonds is 7. The van der Waals surface area contributed by atoms with Crippen molar-refractivity contribution in [3.8, 4) is 0 Å². The number of ether oxygens (including phenoxy) is 1. The van der Waals surface area contributed by atoms with Crippen molar-refractivity contribution < 1.29 is 33.1 Å². The standard InChI is InChI=1S/C26H37NO7Si2/c1-25(2,3)36(7,8)33-22-18-14-20(29)32-21(18)23(30)26(24(22)34-35(4,5)6)15-19(28)27(26)31-16-17-12-10-9-11-13-17/h9-14,22,24,30H,15-16H2,1-8H3/t22-,24-,26-/m1/s1. The van der Waals surface area contributed by atoms with E-state index in [1.807, 2.05) is 50.0 Å². The molecule has 196 valence electrons. The Morgan fingerprint density at radius 1 is 1.08 bits per heavy atom. The molecule has 1 N–H and O–H groups in total. The van der Waals surface area contributed by atoms with Crippen molar-refractivity contribution in [2.24, 2.45) is 0 Å². The van der Waals surface area contributed by atoms with E-state index >= 15 is 0 Å². The first-order valence-electron chi connectivity index (χ1n) is 12.3. The zero-order chi connectivity index (χ0) is 26.7. The van der Waals surface area contributed by atoms with E-state index in [-0.39, 0.29) is 35.5 Å². The van der Waals surface area contributed by atoms with Gasteiger partial charge in [0.15, 0.2) is 33.7 Å². The summed E-state index contributed by atoms with van der Waals surface area (Å²) in [7, 11) is -4.65. The first kappa shape index (κ1) is 26.8. The fourth-order valence-electron chi connectivity index (χ4n) is 4.48. The Morgan fingerprint density at radius 2 is 1.72 bits per heavy atom. The summed E-state index contributed by atoms with van der Waals surface area (Å²) in [6.45, 7) is 16.9. The van der Waals surface area contributed by atoms with E-state index < -0.39 is 40.4 Å². The Balaban J connectivity index is 1.82. The number of nitrogens with zero attached hydrogens (tertiary/aromatic N) is 1. The molecular weight excluding hydrogens is 494 g/mol. The number of carbonyl (C=O) groups excluding carboxylic acids is 2. The zero-order valence-corrected chi connectivity index (χ0v) is 24.4. The van der Waals surface area contributed by atoms with Crippen LogP contribution in [0.15, 0.2) is 53.5 Å². The summed E-state index contributed by atoms with van der Waals surface area (Å²) in [6.07, 6.45) is -0.178. The molecule has 1 amide bonds. The van der Waals surface area contributed by atoms with E-state index in [1.165, 1.54) is 11.1 Å². The van der Waals surface area contributed by atoms with Crippen LogP contribution in [0.25, 0.3) is 0 Å². The topological polar surface area (TPSA) is 94.5 Å². The number of hydrogen-bond acceptors (Lipinski definition) is 7. The van der Waals surface area contributed by atoms with Crippen molar-refractivity contribution in [1.82, 2.24) is 5.06 Å². The van der Waals surface area contributed by atoms with Crippen LogP contribution in [0.1, 0.15) is 32.8 Å². The maximum absolute atomic E-state index is 13.0. The van der Waals surface area contributed by atoms with Gasteiger partial charge < -0.3 is 18.7 Å². The van der Waals surface area contributed by atoms with E-state index in [2.05, 4.69) is 33.9 Å². The van der Waals surface area contributed by atoms with Crippen molar-refractivity contribution in [1.29, 1.82) is 0 Å². The van der Waals surface area contributed by atoms with Gasteiger partial charge in [-0.3, -0.25) is 9.63 Å². The first-order chi connectivity index (χ1) is 16.6. The van der Waals surface area contributed by atoms with Crippen LogP contribution in [0.5, 0.6) is 0 Å². The lowest BCUT2D eigenvalue weighted by Crippen LogP contribution is -2.75. The number of esters is 1. The summed E-state index contributed by atoms with van der Waals surface area (Å²) in [5, 5.41) is 12.7. The quantitative estimate of drug-likeness (QED) is 0.302. The Morgan fingerprint density at radius 3 is 2.28 bits per heavy atom. The van der Waals surface area contributed by atoms with Gasteiger partial charge in [0.05, 0.1) is 6.42 Å². The summed E-state index contributed by atoms with van der Waals surface area (Å²) in [5.74, 6) is -1.06. The summed E-state index contributed by atoms with van der Waals surface area (Å²) in [5.41, 5.74) is -0.0327. The third-order valence-corrected chi connectivity index (χ3v) is 12.8. The molecule has 1 aromatic rings. The molecule has 4 rings (SSSR count). The monoisotopic (exact) mass is 531 g/mol. The maximum atomic E-state index is 13.0. The molecule has 0 bridgehead atoms. The van der Waals surface area contributed by atoms with Gasteiger partial charge in [-0.25, -0.2) is 9.86 Å². The maximum Gasteiger partial charge on any atom is 0.336 e. The van der Waals surface area contributed by atoms with E-state index in [9.17, 15) is 14.7 Å². The number of aliphatic hydroxyl groups is 1. The van der Waals surface area contributed by atoms with Gasteiger partial charge in [-0.2, -0.15) is 0 Å². The fourth-order valence-corrected chi connectivity index (χ4v) is 6.80. The van der Waals surface area contributed by atoms with Crippen LogP contribution in [0.4, 0.5) is 0 Å². The van der Waals surface area contributed by atoms with Crippen molar-refractivity contribution in [2.75, 3.05) is 0 Å². The number of hydroxylamine groups is 2. The van der Waals surface area contributed by atoms with Gasteiger partial charge in [-0.15, -0.1) is 0 Å². The minimum absolute atomic E-state index is 0.0416. The van der Waals surface area contributed by atoms with Gasteiger partial charge in [-0.05, 0) is 43.3 Å². The Hall–Kier alpha value is -2.25. The largest absolute Gasteiger partial charge is 0.506 e. The second kappa shape index (κ2) is 8.95. The molecule has 8 nitrogen and oxygen atoms in total. The Kier molecular flexibility index (Phi) is 6.66. The van der Waals surface area contributed by atoms with Gasteiger partial charge in [0, 0.05) is 11.6 Å². The molecule has 1 fully saturated rings. The minimum atomic E-state index is -2.40. The number of benzene rings is 1. The molecule has 1 aromatic carbocycles. The zero-order valence-electron chi connectivity index (χ0n) is 22.4. The van der Waals surface area contributed by atoms with Gasteiger partial charge in [0.25, 0.3) is 0 Å². The van der Waals surface area contributed by atoms with Crippen LogP contribution < -0.4 is 0 Å². The predicted molar refractivity (Wildman–Crippen MR) is 140 cm³/mol. The lowest BCUT2D eigenvalue weighted by Gasteiger charge is -2.58. The molecule has 2 heterocycles. The minimum Gasteiger partial charge on any atom is -0.506 e. The molecule has 0 saturated carbocycles. The highest BCUT2D eigenvalue weighted by molar-refractivity contribution is 6.74. The van der Waals surface area contributed by atoms with Crippen molar-refractivity contribution in [3.63, 3.8) is 0 Å². The van der Waals surface area contributed by atoms with Crippen molar-refractivity contribution in [2.45, 2.75) is 89.3 Å². The van der Waals surface area contributed by atoms with E-state index in [1.54, 1.807) is 0 Å². The summed E-state index contributed by atoms with van der Waals surface area (Å²) < 4.78 is 19.1. The highest BCUT2D eigenvalue weighted by atomic mass is 28.4. The molecule has 1 spiro atoms. The molecule has 10 heteroatoms. The summed E-state index contributed by atoms with van der Waals surface area (Å²) in [4.78, 5) is 31.4. The highest BCUT2D eigenvalue weighted by Gasteiger charge is 2.69. The predicted octanol–water partition coefficient (Wildman–Crippen LogP) is 4.97. The molecule has 3 atom stereocenters. The average Bonchev–Trinajstić information content (AvgIpc) is 3.14. The van der Waals surface area contributed by atoms with Crippen LogP contribution in [0.3, 0.4) is 0 Å². The molecule has 2 aliphatic heterocycles. The summed E-state index contributed by atoms with van der Waals surface area (Å²) in [6, 6.07) is 9.48. The molecule has 0 unspecified atom stereocenters. The lowest BCUT2D eigenvalue weighted by molar-refractivity contribution is -0.282. The molecule has 0 radical (unpaired) electrons. The second-order valence-electron chi connectivity index (χ2n) is 12.2. The van der Waals surface area contributed by atoms with Crippen LogP contribution in [-0.2, 0) is 34.6 Å². The van der Waals surface area contributed by atoms with E-state index in [0.717, 1.165) is 5.56 Å². The third-order valence-electron chi connectivity index (χ3n) is 7.34. The normalized spacial score (nSPS) is 26.7. The SMILES string of the molecule is CC(C)(C)[Si](C)(C)O[C@@H]1C2=CC(=O)OC2=C(O)[C@]2(CC(=O)N2OCc2ccccc2)[C@@H]1O[Si](C)(C)C. The van der Waals surface area contributed by atoms with Crippen LogP contribution in [0, 0.1) is 0 Å². The van der Waals surface area contributed by atoms with E-state index in [4.69, 9.17) is 18.4 Å². The number of carbonyl (C=O) groups is 2. The third kappa shape index (κ3) is 4.61. The van der Waals surface area contributed by atoms with E-state index in [0.29, 0.717) is 5.57 Å². The number of aliphatic hydroxyl groups excluding tert-OH is 1. The molecule has 1 saturated heterocycles. The van der Waals surface area contributed by atoms with Gasteiger partial charge >= 0.3 is 5.97 Å². The number of β-lactam (4-membered cyclic amide) rings is 1. The Bertz CT molecular complexity index is 1120. The average molecular weight is 532 g/mol. The molecule has 3 aliphatic rings. The molecular formula is C26H37NO7Si2. The first-order valence-corrected chi connectivity index (χ1v) is 18.6. The fraction of sp³-hybridized carbons (Fsp3) is 0.538. The number of fused-ring (bicyclic) bond motifs is 1. The molecule has 1 aliphatic carbocycles. The number of amides is 1. The number of hydrogen-bond donors (Lipinski definition) is 1. The lowest BCUT2D eigenvalue weighted by atomic mass is 9.71. The van der Waals surface area contributed by atoms with Gasteiger partial charge in [0.1, 0.15) is 18.8 Å². The van der Waals surface area contributed by atoms with Crippen molar-refractivity contribution in [3.05, 3.63) is 59.1 Å². The van der Waals surface area contributed by atoms with Crippen LogP contribution >= 0.6 is 0 Å².